The Hall–Kier alpha value is -0.440. The Labute approximate surface area is 110 Å². The SMILES string of the molecule is CN[P+](I)(c1ccccc1)c1ccccc1. The number of hydrogen-bond donors (Lipinski definition) is 1. The summed E-state index contributed by atoms with van der Waals surface area (Å²) in [6, 6.07) is 21.3. The molecule has 0 unspecified atom stereocenters. The molecule has 0 aliphatic carbocycles. The van der Waals surface area contributed by atoms with Gasteiger partial charge >= 0.3 is 0 Å². The predicted octanol–water partition coefficient (Wildman–Crippen LogP) is 3.14. The van der Waals surface area contributed by atoms with Gasteiger partial charge in [0, 0.05) is 7.05 Å². The lowest BCUT2D eigenvalue weighted by molar-refractivity contribution is 1.28. The molecule has 2 rings (SSSR count). The molecule has 16 heavy (non-hydrogen) atoms. The van der Waals surface area contributed by atoms with Crippen LogP contribution in [-0.2, 0) is 0 Å². The third kappa shape index (κ3) is 2.29. The van der Waals surface area contributed by atoms with Gasteiger partial charge in [0.2, 0.25) is 5.06 Å². The molecule has 0 spiro atoms. The smallest absolute Gasteiger partial charge is 0.178 e. The van der Waals surface area contributed by atoms with Gasteiger partial charge in [0.25, 0.3) is 0 Å². The van der Waals surface area contributed by atoms with Gasteiger partial charge in [0.05, 0.1) is 0 Å². The molecule has 1 N–H and O–H groups in total. The summed E-state index contributed by atoms with van der Waals surface area (Å²) in [6.07, 6.45) is 0. The average molecular weight is 342 g/mol. The first-order valence-corrected chi connectivity index (χ1v) is 9.74. The van der Waals surface area contributed by atoms with Gasteiger partial charge in [0.15, 0.2) is 22.0 Å². The Morgan fingerprint density at radius 3 is 1.50 bits per heavy atom. The summed E-state index contributed by atoms with van der Waals surface area (Å²) in [5.41, 5.74) is 0. The van der Waals surface area contributed by atoms with Crippen molar-refractivity contribution < 1.29 is 0 Å². The van der Waals surface area contributed by atoms with E-state index >= 15 is 0 Å². The van der Waals surface area contributed by atoms with E-state index in [1.807, 2.05) is 7.05 Å². The molecule has 2 aromatic rings. The highest BCUT2D eigenvalue weighted by Crippen LogP contribution is 2.59. The van der Waals surface area contributed by atoms with Gasteiger partial charge in [-0.05, 0) is 24.3 Å². The topological polar surface area (TPSA) is 12.0 Å². The Balaban J connectivity index is 2.49. The summed E-state index contributed by atoms with van der Waals surface area (Å²) in [4.78, 5) is 0. The Bertz CT molecular complexity index is 405. The minimum Gasteiger partial charge on any atom is -0.178 e. The minimum atomic E-state index is -1.43. The van der Waals surface area contributed by atoms with Crippen LogP contribution in [0.25, 0.3) is 0 Å². The number of benzene rings is 2. The maximum absolute atomic E-state index is 3.51. The molecular weight excluding hydrogens is 328 g/mol. The van der Waals surface area contributed by atoms with Crippen LogP contribution in [0.2, 0.25) is 0 Å². The van der Waals surface area contributed by atoms with Crippen LogP contribution in [0, 0.1) is 0 Å². The normalized spacial score (nSPS) is 11.4. The molecular formula is C13H14INP+. The molecule has 0 amide bonds. The van der Waals surface area contributed by atoms with Crippen LogP contribution >= 0.6 is 27.1 Å². The van der Waals surface area contributed by atoms with Crippen LogP contribution in [0.1, 0.15) is 0 Å². The quantitative estimate of drug-likeness (QED) is 0.668. The zero-order valence-corrected chi connectivity index (χ0v) is 12.2. The second-order valence-corrected chi connectivity index (χ2v) is 10.5. The van der Waals surface area contributed by atoms with Crippen LogP contribution in [0.3, 0.4) is 0 Å². The summed E-state index contributed by atoms with van der Waals surface area (Å²) in [5.74, 6) is 0. The molecule has 1 nitrogen and oxygen atoms in total. The number of hydrogen-bond acceptors (Lipinski definition) is 1. The molecule has 0 fully saturated rings. The maximum Gasteiger partial charge on any atom is 0.206 e. The molecule has 82 valence electrons. The Morgan fingerprint density at radius 2 is 1.19 bits per heavy atom. The van der Waals surface area contributed by atoms with Crippen molar-refractivity contribution in [1.29, 1.82) is 0 Å². The maximum atomic E-state index is 3.51. The predicted molar refractivity (Wildman–Crippen MR) is 82.2 cm³/mol. The molecule has 0 bridgehead atoms. The van der Waals surface area contributed by atoms with Crippen LogP contribution < -0.4 is 15.7 Å². The Kier molecular flexibility index (Phi) is 3.95. The van der Waals surface area contributed by atoms with Gasteiger partial charge < -0.3 is 0 Å². The molecule has 0 radical (unpaired) electrons. The van der Waals surface area contributed by atoms with E-state index in [0.717, 1.165) is 0 Å². The zero-order valence-electron chi connectivity index (χ0n) is 9.10. The third-order valence-corrected chi connectivity index (χ3v) is 9.96. The van der Waals surface area contributed by atoms with Crippen molar-refractivity contribution >= 4 is 37.7 Å². The van der Waals surface area contributed by atoms with Crippen LogP contribution in [0.5, 0.6) is 0 Å². The van der Waals surface area contributed by atoms with E-state index in [4.69, 9.17) is 0 Å². The first kappa shape index (κ1) is 12.0. The number of rotatable bonds is 3. The van der Waals surface area contributed by atoms with Crippen molar-refractivity contribution in [3.63, 3.8) is 0 Å². The monoisotopic (exact) mass is 342 g/mol. The molecule has 0 heterocycles. The highest BCUT2D eigenvalue weighted by molar-refractivity contribution is 14.2. The van der Waals surface area contributed by atoms with E-state index in [-0.39, 0.29) is 0 Å². The van der Waals surface area contributed by atoms with Crippen LogP contribution in [0.4, 0.5) is 0 Å². The third-order valence-electron chi connectivity index (χ3n) is 2.53. The largest absolute Gasteiger partial charge is 0.206 e. The molecule has 0 atom stereocenters. The zero-order chi connectivity index (χ0) is 11.4. The molecule has 0 aliphatic rings. The molecule has 0 saturated carbocycles. The summed E-state index contributed by atoms with van der Waals surface area (Å²) >= 11 is 2.57. The number of nitrogens with one attached hydrogen (secondary N) is 1. The summed E-state index contributed by atoms with van der Waals surface area (Å²) in [5, 5.41) is 4.83. The first-order chi connectivity index (χ1) is 7.77. The van der Waals surface area contributed by atoms with Gasteiger partial charge in [-0.15, -0.1) is 0 Å². The fourth-order valence-electron chi connectivity index (χ4n) is 1.67. The lowest BCUT2D eigenvalue weighted by Gasteiger charge is -2.18. The van der Waals surface area contributed by atoms with Gasteiger partial charge in [0.1, 0.15) is 10.6 Å². The second-order valence-electron chi connectivity index (χ2n) is 3.48. The summed E-state index contributed by atoms with van der Waals surface area (Å²) in [6.45, 7) is 0. The summed E-state index contributed by atoms with van der Waals surface area (Å²) < 4.78 is 0. The second kappa shape index (κ2) is 5.26. The Morgan fingerprint density at radius 1 is 0.812 bits per heavy atom. The van der Waals surface area contributed by atoms with E-state index in [1.54, 1.807) is 0 Å². The van der Waals surface area contributed by atoms with Crippen molar-refractivity contribution in [2.45, 2.75) is 0 Å². The lowest BCUT2D eigenvalue weighted by atomic mass is 10.4. The van der Waals surface area contributed by atoms with Gasteiger partial charge in [-0.3, -0.25) is 0 Å². The van der Waals surface area contributed by atoms with Crippen molar-refractivity contribution in [2.24, 2.45) is 0 Å². The van der Waals surface area contributed by atoms with Crippen molar-refractivity contribution in [3.05, 3.63) is 60.7 Å². The standard InChI is InChI=1S/C13H14INP/c1-15-16(14,12-8-4-2-5-9-12)13-10-6-3-7-11-13/h2-11,15H,1H3/q+1. The fourth-order valence-corrected chi connectivity index (χ4v) is 5.58. The van der Waals surface area contributed by atoms with Crippen LogP contribution in [-0.4, -0.2) is 7.05 Å². The first-order valence-electron chi connectivity index (χ1n) is 5.16. The van der Waals surface area contributed by atoms with Crippen molar-refractivity contribution in [1.82, 2.24) is 5.09 Å². The van der Waals surface area contributed by atoms with Crippen molar-refractivity contribution in [3.8, 4) is 0 Å². The molecule has 2 aromatic carbocycles. The molecule has 3 heteroatoms. The highest BCUT2D eigenvalue weighted by Gasteiger charge is 2.39. The van der Waals surface area contributed by atoms with Crippen LogP contribution in [0.15, 0.2) is 60.7 Å². The minimum absolute atomic E-state index is 1.38. The van der Waals surface area contributed by atoms with Gasteiger partial charge in [-0.25, -0.2) is 0 Å². The average Bonchev–Trinajstić information content (AvgIpc) is 2.40. The van der Waals surface area contributed by atoms with Gasteiger partial charge in [-0.1, -0.05) is 36.4 Å². The van der Waals surface area contributed by atoms with E-state index in [2.05, 4.69) is 87.8 Å². The number of halogens is 1. The summed E-state index contributed by atoms with van der Waals surface area (Å²) in [7, 11) is 2.04. The van der Waals surface area contributed by atoms with Crippen molar-refractivity contribution in [2.75, 3.05) is 7.05 Å². The molecule has 0 aromatic heterocycles. The lowest BCUT2D eigenvalue weighted by Crippen LogP contribution is -2.26. The highest BCUT2D eigenvalue weighted by atomic mass is 127. The fraction of sp³-hybridized carbons (Fsp3) is 0.0769. The van der Waals surface area contributed by atoms with E-state index in [9.17, 15) is 0 Å². The molecule has 0 aliphatic heterocycles. The van der Waals surface area contributed by atoms with E-state index < -0.39 is 5.06 Å². The van der Waals surface area contributed by atoms with Gasteiger partial charge in [-0.2, -0.15) is 5.09 Å². The van der Waals surface area contributed by atoms with E-state index in [0.29, 0.717) is 0 Å². The van der Waals surface area contributed by atoms with E-state index in [1.165, 1.54) is 10.6 Å². The molecule has 0 saturated heterocycles.